The molecular weight excluding hydrogens is 364 g/mol. The van der Waals surface area contributed by atoms with Crippen molar-refractivity contribution in [1.82, 2.24) is 10.6 Å². The van der Waals surface area contributed by atoms with Gasteiger partial charge in [0.15, 0.2) is 0 Å². The van der Waals surface area contributed by atoms with Crippen molar-refractivity contribution in [3.63, 3.8) is 0 Å². The van der Waals surface area contributed by atoms with E-state index < -0.39 is 0 Å². The second kappa shape index (κ2) is 9.94. The van der Waals surface area contributed by atoms with Gasteiger partial charge in [-0.25, -0.2) is 4.79 Å². The summed E-state index contributed by atoms with van der Waals surface area (Å²) in [5, 5.41) is 11.9. The number of carbonyl (C=O) groups excluding carboxylic acids is 2. The first-order valence-corrected chi connectivity index (χ1v) is 8.87. The van der Waals surface area contributed by atoms with Crippen LogP contribution in [0.4, 0.5) is 16.2 Å². The monoisotopic (exact) mass is 388 g/mol. The zero-order valence-corrected chi connectivity index (χ0v) is 16.1. The number of para-hydroxylation sites is 1. The number of amides is 3. The molecule has 0 radical (unpaired) electrons. The maximum atomic E-state index is 12.5. The molecular formula is C20H25ClN4O2. The quantitative estimate of drug-likeness (QED) is 0.646. The van der Waals surface area contributed by atoms with Crippen molar-refractivity contribution in [3.05, 3.63) is 59.7 Å². The lowest BCUT2D eigenvalue weighted by atomic mass is 10.1. The number of hydrogen-bond acceptors (Lipinski definition) is 3. The molecule has 2 aromatic carbocycles. The van der Waals surface area contributed by atoms with Gasteiger partial charge in [-0.2, -0.15) is 0 Å². The summed E-state index contributed by atoms with van der Waals surface area (Å²) in [5.74, 6) is -0.120. The maximum absolute atomic E-state index is 12.5. The highest BCUT2D eigenvalue weighted by Gasteiger charge is 2.17. The van der Waals surface area contributed by atoms with Crippen LogP contribution in [0.3, 0.4) is 0 Å². The minimum absolute atomic E-state index is 0. The molecule has 1 atom stereocenters. The Morgan fingerprint density at radius 2 is 1.85 bits per heavy atom. The molecule has 1 heterocycles. The average Bonchev–Trinajstić information content (AvgIpc) is 2.65. The predicted octanol–water partition coefficient (Wildman–Crippen LogP) is 3.54. The molecule has 2 aromatic rings. The number of benzene rings is 2. The SMILES string of the molecule is Cc1ccc(C(=O)NC2CCCNC2)cc1NC(=O)Nc1ccccc1.Cl. The zero-order chi connectivity index (χ0) is 18.4. The predicted molar refractivity (Wildman–Crippen MR) is 111 cm³/mol. The molecule has 6 nitrogen and oxygen atoms in total. The second-order valence-corrected chi connectivity index (χ2v) is 6.49. The van der Waals surface area contributed by atoms with Crippen LogP contribution >= 0.6 is 12.4 Å². The van der Waals surface area contributed by atoms with Gasteiger partial charge in [0.05, 0.1) is 0 Å². The molecule has 0 spiro atoms. The van der Waals surface area contributed by atoms with Gasteiger partial charge in [-0.1, -0.05) is 24.3 Å². The third kappa shape index (κ3) is 5.98. The third-order valence-corrected chi connectivity index (χ3v) is 4.41. The van der Waals surface area contributed by atoms with Gasteiger partial charge in [0.1, 0.15) is 0 Å². The van der Waals surface area contributed by atoms with Crippen LogP contribution in [0.5, 0.6) is 0 Å². The van der Waals surface area contributed by atoms with Crippen LogP contribution in [0.25, 0.3) is 0 Å². The van der Waals surface area contributed by atoms with E-state index in [4.69, 9.17) is 0 Å². The Balaban J connectivity index is 0.00000261. The van der Waals surface area contributed by atoms with E-state index >= 15 is 0 Å². The minimum Gasteiger partial charge on any atom is -0.348 e. The summed E-state index contributed by atoms with van der Waals surface area (Å²) in [6.07, 6.45) is 2.04. The van der Waals surface area contributed by atoms with Gasteiger partial charge in [-0.05, 0) is 56.1 Å². The fourth-order valence-electron chi connectivity index (χ4n) is 2.95. The van der Waals surface area contributed by atoms with E-state index in [1.54, 1.807) is 12.1 Å². The van der Waals surface area contributed by atoms with E-state index in [2.05, 4.69) is 21.3 Å². The van der Waals surface area contributed by atoms with Crippen LogP contribution in [-0.4, -0.2) is 31.1 Å². The molecule has 1 fully saturated rings. The average molecular weight is 389 g/mol. The van der Waals surface area contributed by atoms with Crippen molar-refractivity contribution < 1.29 is 9.59 Å². The molecule has 0 aliphatic carbocycles. The number of rotatable bonds is 4. The highest BCUT2D eigenvalue weighted by molar-refractivity contribution is 6.02. The minimum atomic E-state index is -0.340. The summed E-state index contributed by atoms with van der Waals surface area (Å²) in [4.78, 5) is 24.7. The Kier molecular flexibility index (Phi) is 7.64. The molecule has 1 saturated heterocycles. The number of urea groups is 1. The summed E-state index contributed by atoms with van der Waals surface area (Å²) in [6.45, 7) is 3.69. The largest absolute Gasteiger partial charge is 0.348 e. The molecule has 3 amide bonds. The lowest BCUT2D eigenvalue weighted by molar-refractivity contribution is 0.0930. The van der Waals surface area contributed by atoms with Gasteiger partial charge in [0, 0.05) is 29.5 Å². The standard InChI is InChI=1S/C20H24N4O2.ClH/c1-14-9-10-15(19(25)22-17-8-5-11-21-13-17)12-18(14)24-20(26)23-16-6-3-2-4-7-16;/h2-4,6-7,9-10,12,17,21H,5,8,11,13H2,1H3,(H,22,25)(H2,23,24,26);1H. The Hall–Kier alpha value is -2.57. The van der Waals surface area contributed by atoms with Crippen molar-refractivity contribution in [2.24, 2.45) is 0 Å². The molecule has 1 aliphatic heterocycles. The van der Waals surface area contributed by atoms with Gasteiger partial charge in [0.2, 0.25) is 0 Å². The lowest BCUT2D eigenvalue weighted by Crippen LogP contribution is -2.45. The van der Waals surface area contributed by atoms with Crippen molar-refractivity contribution in [3.8, 4) is 0 Å². The summed E-state index contributed by atoms with van der Waals surface area (Å²) >= 11 is 0. The van der Waals surface area contributed by atoms with Gasteiger partial charge < -0.3 is 21.3 Å². The molecule has 0 bridgehead atoms. The zero-order valence-electron chi connectivity index (χ0n) is 15.2. The van der Waals surface area contributed by atoms with Gasteiger partial charge >= 0.3 is 6.03 Å². The summed E-state index contributed by atoms with van der Waals surface area (Å²) < 4.78 is 0. The lowest BCUT2D eigenvalue weighted by Gasteiger charge is -2.24. The molecule has 1 unspecified atom stereocenters. The normalized spacial score (nSPS) is 16.0. The van der Waals surface area contributed by atoms with Crippen LogP contribution in [0.15, 0.2) is 48.5 Å². The number of anilines is 2. The van der Waals surface area contributed by atoms with E-state index in [1.807, 2.05) is 43.3 Å². The van der Waals surface area contributed by atoms with Crippen LogP contribution < -0.4 is 21.3 Å². The fourth-order valence-corrected chi connectivity index (χ4v) is 2.95. The van der Waals surface area contributed by atoms with Crippen LogP contribution in [0.2, 0.25) is 0 Å². The number of piperidine rings is 1. The Morgan fingerprint density at radius 1 is 1.07 bits per heavy atom. The smallest absolute Gasteiger partial charge is 0.323 e. The number of hydrogen-bond donors (Lipinski definition) is 4. The maximum Gasteiger partial charge on any atom is 0.323 e. The van der Waals surface area contributed by atoms with Gasteiger partial charge in [0.25, 0.3) is 5.91 Å². The molecule has 144 valence electrons. The Bertz CT molecular complexity index is 777. The molecule has 0 aromatic heterocycles. The topological polar surface area (TPSA) is 82.3 Å². The van der Waals surface area contributed by atoms with Crippen LogP contribution in [0, 0.1) is 6.92 Å². The van der Waals surface area contributed by atoms with E-state index in [0.29, 0.717) is 16.9 Å². The Morgan fingerprint density at radius 3 is 2.56 bits per heavy atom. The van der Waals surface area contributed by atoms with Crippen molar-refractivity contribution in [1.29, 1.82) is 0 Å². The molecule has 1 aliphatic rings. The first kappa shape index (κ1) is 20.7. The molecule has 3 rings (SSSR count). The van der Waals surface area contributed by atoms with Gasteiger partial charge in [-0.3, -0.25) is 4.79 Å². The van der Waals surface area contributed by atoms with Crippen molar-refractivity contribution in [2.75, 3.05) is 23.7 Å². The first-order chi connectivity index (χ1) is 12.6. The molecule has 0 saturated carbocycles. The van der Waals surface area contributed by atoms with Crippen molar-refractivity contribution >= 4 is 35.7 Å². The number of aryl methyl sites for hydroxylation is 1. The number of carbonyl (C=O) groups is 2. The van der Waals surface area contributed by atoms with E-state index in [1.165, 1.54) is 0 Å². The molecule has 4 N–H and O–H groups in total. The fraction of sp³-hybridized carbons (Fsp3) is 0.300. The molecule has 27 heavy (non-hydrogen) atoms. The highest BCUT2D eigenvalue weighted by Crippen LogP contribution is 2.18. The Labute approximate surface area is 165 Å². The summed E-state index contributed by atoms with van der Waals surface area (Å²) in [7, 11) is 0. The highest BCUT2D eigenvalue weighted by atomic mass is 35.5. The second-order valence-electron chi connectivity index (χ2n) is 6.49. The third-order valence-electron chi connectivity index (χ3n) is 4.41. The summed E-state index contributed by atoms with van der Waals surface area (Å²) in [6, 6.07) is 14.4. The van der Waals surface area contributed by atoms with Crippen LogP contribution in [-0.2, 0) is 0 Å². The summed E-state index contributed by atoms with van der Waals surface area (Å²) in [5.41, 5.74) is 2.76. The van der Waals surface area contributed by atoms with Gasteiger partial charge in [-0.15, -0.1) is 12.4 Å². The van der Waals surface area contributed by atoms with E-state index in [9.17, 15) is 9.59 Å². The van der Waals surface area contributed by atoms with E-state index in [-0.39, 0.29) is 30.4 Å². The molecule has 7 heteroatoms. The van der Waals surface area contributed by atoms with Crippen LogP contribution in [0.1, 0.15) is 28.8 Å². The number of nitrogens with one attached hydrogen (secondary N) is 4. The number of halogens is 1. The first-order valence-electron chi connectivity index (χ1n) is 8.87. The van der Waals surface area contributed by atoms with Crippen molar-refractivity contribution in [2.45, 2.75) is 25.8 Å². The van der Waals surface area contributed by atoms with E-state index in [0.717, 1.165) is 31.5 Å².